The van der Waals surface area contributed by atoms with E-state index in [2.05, 4.69) is 17.5 Å². The van der Waals surface area contributed by atoms with Crippen molar-refractivity contribution in [3.63, 3.8) is 0 Å². The summed E-state index contributed by atoms with van der Waals surface area (Å²) in [7, 11) is 1.67. The molecule has 1 aliphatic carbocycles. The molecule has 1 unspecified atom stereocenters. The summed E-state index contributed by atoms with van der Waals surface area (Å²) in [5.74, 6) is 1.23. The van der Waals surface area contributed by atoms with Crippen molar-refractivity contribution < 1.29 is 9.53 Å². The molecule has 2 aliphatic rings. The number of dihydropyridines is 1. The molecule has 0 amide bonds. The Morgan fingerprint density at radius 1 is 1.32 bits per heavy atom. The van der Waals surface area contributed by atoms with Gasteiger partial charge in [-0.1, -0.05) is 24.6 Å². The smallest absolute Gasteiger partial charge is 0.140 e. The highest BCUT2D eigenvalue weighted by Gasteiger charge is 2.27. The molecule has 1 aromatic carbocycles. The summed E-state index contributed by atoms with van der Waals surface area (Å²) in [5.41, 5.74) is 3.18. The van der Waals surface area contributed by atoms with Crippen molar-refractivity contribution in [3.8, 4) is 5.75 Å². The third-order valence-corrected chi connectivity index (χ3v) is 4.26. The fourth-order valence-electron chi connectivity index (χ4n) is 3.10. The largest absolute Gasteiger partial charge is 0.497 e. The lowest BCUT2D eigenvalue weighted by atomic mass is 9.80. The molecule has 0 spiro atoms. The summed E-state index contributed by atoms with van der Waals surface area (Å²) in [5, 5.41) is 3.29. The Bertz CT molecular complexity index is 655. The van der Waals surface area contributed by atoms with E-state index in [1.165, 1.54) is 0 Å². The van der Waals surface area contributed by atoms with Gasteiger partial charge in [-0.25, -0.2) is 0 Å². The number of allylic oxidation sites excluding steroid dienone is 3. The highest BCUT2D eigenvalue weighted by atomic mass is 16.5. The van der Waals surface area contributed by atoms with Crippen molar-refractivity contribution in [2.75, 3.05) is 7.11 Å². The van der Waals surface area contributed by atoms with Crippen molar-refractivity contribution in [2.24, 2.45) is 5.92 Å². The predicted molar refractivity (Wildman–Crippen MR) is 88.3 cm³/mol. The van der Waals surface area contributed by atoms with Gasteiger partial charge in [-0.3, -0.25) is 4.79 Å². The Labute approximate surface area is 131 Å². The van der Waals surface area contributed by atoms with Crippen molar-refractivity contribution in [3.05, 3.63) is 59.5 Å². The molecule has 1 N–H and O–H groups in total. The molecule has 22 heavy (non-hydrogen) atoms. The topological polar surface area (TPSA) is 38.3 Å². The highest BCUT2D eigenvalue weighted by Crippen LogP contribution is 2.32. The second kappa shape index (κ2) is 6.65. The molecule has 1 aromatic rings. The fraction of sp³-hybridized carbons (Fsp3) is 0.316. The summed E-state index contributed by atoms with van der Waals surface area (Å²) in [6.07, 6.45) is 11.8. The number of nitrogens with one attached hydrogen (secondary N) is 1. The molecule has 3 heteroatoms. The summed E-state index contributed by atoms with van der Waals surface area (Å²) >= 11 is 0. The fourth-order valence-corrected chi connectivity index (χ4v) is 3.10. The number of ether oxygens (including phenoxy) is 1. The molecule has 1 fully saturated rings. The van der Waals surface area contributed by atoms with Crippen LogP contribution in [0.5, 0.6) is 5.75 Å². The van der Waals surface area contributed by atoms with E-state index < -0.39 is 0 Å². The van der Waals surface area contributed by atoms with Crippen LogP contribution in [0, 0.1) is 5.92 Å². The lowest BCUT2D eigenvalue weighted by Crippen LogP contribution is -2.25. The molecule has 3 rings (SSSR count). The number of carbonyl (C=O) groups excluding carboxylic acids is 1. The van der Waals surface area contributed by atoms with Crippen LogP contribution in [0.25, 0.3) is 6.08 Å². The first kappa shape index (κ1) is 14.6. The number of hydrogen-bond donors (Lipinski definition) is 1. The van der Waals surface area contributed by atoms with Crippen molar-refractivity contribution in [2.45, 2.75) is 25.7 Å². The van der Waals surface area contributed by atoms with Crippen molar-refractivity contribution in [1.82, 2.24) is 5.32 Å². The molecule has 1 aliphatic heterocycles. The Morgan fingerprint density at radius 3 is 3.05 bits per heavy atom. The van der Waals surface area contributed by atoms with E-state index in [1.54, 1.807) is 7.11 Å². The van der Waals surface area contributed by atoms with Crippen LogP contribution in [0.15, 0.2) is 53.9 Å². The van der Waals surface area contributed by atoms with Crippen molar-refractivity contribution in [1.29, 1.82) is 0 Å². The summed E-state index contributed by atoms with van der Waals surface area (Å²) < 4.78 is 5.27. The van der Waals surface area contributed by atoms with E-state index in [0.29, 0.717) is 12.2 Å². The van der Waals surface area contributed by atoms with Crippen LogP contribution in [-0.2, 0) is 4.79 Å². The lowest BCUT2D eigenvalue weighted by Gasteiger charge is -2.26. The molecule has 1 saturated carbocycles. The molecule has 0 aromatic heterocycles. The molecule has 114 valence electrons. The summed E-state index contributed by atoms with van der Waals surface area (Å²) in [6.45, 7) is 0. The molecule has 1 heterocycles. The first-order valence-corrected chi connectivity index (χ1v) is 7.80. The maximum Gasteiger partial charge on any atom is 0.140 e. The van der Waals surface area contributed by atoms with Crippen LogP contribution in [0.4, 0.5) is 0 Å². The minimum absolute atomic E-state index is 0.0306. The maximum absolute atomic E-state index is 12.3. The van der Waals surface area contributed by atoms with Gasteiger partial charge in [-0.05, 0) is 48.3 Å². The van der Waals surface area contributed by atoms with Crippen molar-refractivity contribution >= 4 is 11.9 Å². The molecule has 0 radical (unpaired) electrons. The number of ketones is 1. The molecule has 3 nitrogen and oxygen atoms in total. The Morgan fingerprint density at radius 2 is 2.23 bits per heavy atom. The monoisotopic (exact) mass is 295 g/mol. The maximum atomic E-state index is 12.3. The zero-order valence-corrected chi connectivity index (χ0v) is 12.8. The molecule has 0 saturated heterocycles. The zero-order chi connectivity index (χ0) is 15.4. The number of carbonyl (C=O) groups is 1. The van der Waals surface area contributed by atoms with Crippen LogP contribution in [0.1, 0.15) is 31.2 Å². The average Bonchev–Trinajstić information content (AvgIpc) is 2.56. The molecule has 1 atom stereocenters. The standard InChI is InChI=1S/C19H21NO2/c1-22-15-7-4-6-14(12-15)13-18-16(9-5-11-20-18)17-8-2-3-10-19(17)21/h4-7,9,11-13,17,20H,2-3,8,10H2,1H3. The van der Waals surface area contributed by atoms with E-state index in [1.807, 2.05) is 36.5 Å². The minimum atomic E-state index is 0.0306. The predicted octanol–water partition coefficient (Wildman–Crippen LogP) is 3.84. The van der Waals surface area contributed by atoms with Crippen LogP contribution in [0.2, 0.25) is 0 Å². The zero-order valence-electron chi connectivity index (χ0n) is 12.8. The number of rotatable bonds is 3. The first-order chi connectivity index (χ1) is 10.8. The second-order valence-electron chi connectivity index (χ2n) is 5.72. The van der Waals surface area contributed by atoms with Crippen LogP contribution in [0.3, 0.4) is 0 Å². The number of Topliss-reactive ketones (excluding diaryl/α,β-unsaturated/α-hetero) is 1. The molecular formula is C19H21NO2. The van der Waals surface area contributed by atoms with Gasteiger partial charge in [-0.15, -0.1) is 0 Å². The van der Waals surface area contributed by atoms with Crippen LogP contribution >= 0.6 is 0 Å². The van der Waals surface area contributed by atoms with Gasteiger partial charge >= 0.3 is 0 Å². The van der Waals surface area contributed by atoms with Gasteiger partial charge in [0.05, 0.1) is 7.11 Å². The van der Waals surface area contributed by atoms with E-state index in [-0.39, 0.29) is 5.92 Å². The Balaban J connectivity index is 1.91. The number of hydrogen-bond acceptors (Lipinski definition) is 3. The van der Waals surface area contributed by atoms with E-state index in [4.69, 9.17) is 4.74 Å². The highest BCUT2D eigenvalue weighted by molar-refractivity contribution is 5.86. The van der Waals surface area contributed by atoms with Crippen LogP contribution in [-0.4, -0.2) is 12.9 Å². The second-order valence-corrected chi connectivity index (χ2v) is 5.72. The van der Waals surface area contributed by atoms with E-state index in [9.17, 15) is 4.79 Å². The first-order valence-electron chi connectivity index (χ1n) is 7.80. The summed E-state index contributed by atoms with van der Waals surface area (Å²) in [4.78, 5) is 12.3. The molecule has 0 bridgehead atoms. The van der Waals surface area contributed by atoms with Gasteiger partial charge in [-0.2, -0.15) is 0 Å². The summed E-state index contributed by atoms with van der Waals surface area (Å²) in [6, 6.07) is 7.93. The van der Waals surface area contributed by atoms with Gasteiger partial charge in [0.2, 0.25) is 0 Å². The quantitative estimate of drug-likeness (QED) is 0.920. The normalized spacial score (nSPS) is 23.1. The van der Waals surface area contributed by atoms with E-state index >= 15 is 0 Å². The van der Waals surface area contributed by atoms with Gasteiger partial charge in [0.25, 0.3) is 0 Å². The molecular weight excluding hydrogens is 274 g/mol. The van der Waals surface area contributed by atoms with Gasteiger partial charge in [0.15, 0.2) is 0 Å². The average molecular weight is 295 g/mol. The third kappa shape index (κ3) is 3.14. The minimum Gasteiger partial charge on any atom is -0.497 e. The van der Waals surface area contributed by atoms with Gasteiger partial charge < -0.3 is 10.1 Å². The number of methoxy groups -OCH3 is 1. The Hall–Kier alpha value is -2.29. The third-order valence-electron chi connectivity index (χ3n) is 4.26. The van der Waals surface area contributed by atoms with Gasteiger partial charge in [0, 0.05) is 24.2 Å². The lowest BCUT2D eigenvalue weighted by molar-refractivity contribution is -0.123. The van der Waals surface area contributed by atoms with Gasteiger partial charge in [0.1, 0.15) is 11.5 Å². The SMILES string of the molecule is COc1cccc(C=C2NC=CC=C2C2CCCCC2=O)c1. The number of benzene rings is 1. The van der Waals surface area contributed by atoms with Crippen LogP contribution < -0.4 is 10.1 Å². The van der Waals surface area contributed by atoms with E-state index in [0.717, 1.165) is 41.8 Å². The Kier molecular flexibility index (Phi) is 4.42.